The van der Waals surface area contributed by atoms with Gasteiger partial charge in [0.1, 0.15) is 0 Å². The molecule has 0 saturated carbocycles. The van der Waals surface area contributed by atoms with Gasteiger partial charge in [0.05, 0.1) is 0 Å². The van der Waals surface area contributed by atoms with Gasteiger partial charge in [0, 0.05) is 0 Å². The summed E-state index contributed by atoms with van der Waals surface area (Å²) in [6, 6.07) is 8.37. The van der Waals surface area contributed by atoms with Crippen molar-refractivity contribution in [3.8, 4) is 11.2 Å². The molecular weight excluding hydrogens is 169 g/mol. The molecule has 0 atom stereocenters. The first kappa shape index (κ1) is 9.13. The number of hydrogen-bond donors (Lipinski definition) is 0. The van der Waals surface area contributed by atoms with E-state index in [0.29, 0.717) is 0 Å². The van der Waals surface area contributed by atoms with Gasteiger partial charge in [0.2, 0.25) is 0 Å². The zero-order valence-corrected chi connectivity index (χ0v) is 8.49. The summed E-state index contributed by atoms with van der Waals surface area (Å²) in [4.78, 5) is 4.35. The van der Waals surface area contributed by atoms with Gasteiger partial charge >= 0.3 is 84.4 Å². The van der Waals surface area contributed by atoms with Crippen molar-refractivity contribution in [1.82, 2.24) is 4.98 Å². The zero-order valence-electron chi connectivity index (χ0n) is 8.49. The second kappa shape index (κ2) is 3.75. The molecule has 0 spiro atoms. The number of pyridine rings is 1. The van der Waals surface area contributed by atoms with Crippen LogP contribution in [-0.4, -0.2) is 11.9 Å². The number of aromatic nitrogens is 1. The van der Waals surface area contributed by atoms with E-state index in [2.05, 4.69) is 49.9 Å². The molecule has 0 saturated heterocycles. The summed E-state index contributed by atoms with van der Waals surface area (Å²) >= 11 is 0. The van der Waals surface area contributed by atoms with Gasteiger partial charge in [-0.25, -0.2) is 0 Å². The average Bonchev–Trinajstić information content (AvgIpc) is 2.18. The Bertz CT molecular complexity index is 408. The fourth-order valence-electron chi connectivity index (χ4n) is 1.50. The maximum atomic E-state index is 4.35. The van der Waals surface area contributed by atoms with Crippen molar-refractivity contribution < 1.29 is 0 Å². The fraction of sp³-hybridized carbons (Fsp3) is 0.167. The molecule has 2 rings (SSSR count). The van der Waals surface area contributed by atoms with Crippen LogP contribution in [0, 0.1) is 13.8 Å². The Morgan fingerprint density at radius 1 is 1.07 bits per heavy atom. The fourth-order valence-corrected chi connectivity index (χ4v) is 1.50. The van der Waals surface area contributed by atoms with E-state index in [0.717, 1.165) is 5.69 Å². The number of nitrogens with zero attached hydrogens (tertiary/aromatic N) is 1. The van der Waals surface area contributed by atoms with Crippen molar-refractivity contribution in [2.45, 2.75) is 13.8 Å². The van der Waals surface area contributed by atoms with Gasteiger partial charge in [-0.3, -0.25) is 0 Å². The molecule has 0 N–H and O–H groups in total. The van der Waals surface area contributed by atoms with Crippen LogP contribution in [0.1, 0.15) is 11.1 Å². The summed E-state index contributed by atoms with van der Waals surface area (Å²) in [5.74, 6) is 2.06. The Morgan fingerprint density at radius 2 is 1.86 bits per heavy atom. The maximum absolute atomic E-state index is 4.35. The SMILES string of the molecule is Cc1ccbc(-c2cc(C)ccn2)c1. The number of aryl methyl sites for hydroxylation is 2. The van der Waals surface area contributed by atoms with E-state index in [-0.39, 0.29) is 0 Å². The Labute approximate surface area is 85.0 Å². The van der Waals surface area contributed by atoms with Crippen LogP contribution in [0.2, 0.25) is 0 Å². The van der Waals surface area contributed by atoms with Crippen LogP contribution in [0.4, 0.5) is 0 Å². The first-order chi connectivity index (χ1) is 6.75. The van der Waals surface area contributed by atoms with Gasteiger partial charge in [0.15, 0.2) is 0 Å². The summed E-state index contributed by atoms with van der Waals surface area (Å²) in [7, 11) is 0. The Kier molecular flexibility index (Phi) is 2.44. The molecule has 0 fully saturated rings. The van der Waals surface area contributed by atoms with E-state index in [1.54, 1.807) is 0 Å². The van der Waals surface area contributed by atoms with Crippen molar-refractivity contribution in [3.05, 3.63) is 47.6 Å². The van der Waals surface area contributed by atoms with Gasteiger partial charge in [-0.15, -0.1) is 0 Å². The predicted molar refractivity (Wildman–Crippen MR) is 60.5 cm³/mol. The molecule has 0 radical (unpaired) electrons. The molecule has 1 nitrogen and oxygen atoms in total. The van der Waals surface area contributed by atoms with Crippen LogP contribution in [0.5, 0.6) is 0 Å². The molecule has 2 aromatic rings. The average molecular weight is 181 g/mol. The van der Waals surface area contributed by atoms with E-state index in [4.69, 9.17) is 0 Å². The van der Waals surface area contributed by atoms with Crippen LogP contribution in [0.3, 0.4) is 0 Å². The van der Waals surface area contributed by atoms with Gasteiger partial charge < -0.3 is 0 Å². The second-order valence-corrected chi connectivity index (χ2v) is 3.59. The molecule has 0 unspecified atom stereocenters. The molecule has 0 bridgehead atoms. The van der Waals surface area contributed by atoms with Gasteiger partial charge in [-0.1, -0.05) is 0 Å². The molecular formula is C12H12BN. The molecule has 0 aliphatic rings. The minimum atomic E-state index is 1.05. The first-order valence-electron chi connectivity index (χ1n) is 4.75. The molecule has 2 heteroatoms. The monoisotopic (exact) mass is 181 g/mol. The van der Waals surface area contributed by atoms with Crippen LogP contribution in [0.25, 0.3) is 11.2 Å². The van der Waals surface area contributed by atoms with E-state index >= 15 is 0 Å². The summed E-state index contributed by atoms with van der Waals surface area (Å²) in [6.45, 7) is 6.27. The third-order valence-electron chi connectivity index (χ3n) is 2.23. The number of rotatable bonds is 1. The third kappa shape index (κ3) is 1.90. The van der Waals surface area contributed by atoms with Gasteiger partial charge in [-0.2, -0.15) is 0 Å². The topological polar surface area (TPSA) is 12.9 Å². The van der Waals surface area contributed by atoms with Crippen LogP contribution >= 0.6 is 0 Å². The van der Waals surface area contributed by atoms with Gasteiger partial charge in [0.25, 0.3) is 0 Å². The van der Waals surface area contributed by atoms with E-state index in [9.17, 15) is 0 Å². The molecule has 0 aliphatic heterocycles. The van der Waals surface area contributed by atoms with Crippen LogP contribution in [0.15, 0.2) is 36.4 Å². The quantitative estimate of drug-likeness (QED) is 0.658. The minimum absolute atomic E-state index is 1.05. The Balaban J connectivity index is 2.49. The zero-order chi connectivity index (χ0) is 9.97. The van der Waals surface area contributed by atoms with Crippen molar-refractivity contribution in [2.75, 3.05) is 0 Å². The molecule has 14 heavy (non-hydrogen) atoms. The van der Waals surface area contributed by atoms with Crippen LogP contribution < -0.4 is 0 Å². The van der Waals surface area contributed by atoms with Crippen molar-refractivity contribution in [3.63, 3.8) is 0 Å². The summed E-state index contributed by atoms with van der Waals surface area (Å²) < 4.78 is 0. The first-order valence-corrected chi connectivity index (χ1v) is 4.75. The van der Waals surface area contributed by atoms with Crippen molar-refractivity contribution in [1.29, 1.82) is 0 Å². The molecule has 0 aliphatic carbocycles. The predicted octanol–water partition coefficient (Wildman–Crippen LogP) is 2.70. The summed E-state index contributed by atoms with van der Waals surface area (Å²) in [6.07, 6.45) is 1.85. The molecule has 68 valence electrons. The van der Waals surface area contributed by atoms with Crippen molar-refractivity contribution in [2.24, 2.45) is 0 Å². The number of hydrogen-bond acceptors (Lipinski definition) is 1. The Hall–Kier alpha value is -1.44. The van der Waals surface area contributed by atoms with Crippen LogP contribution in [-0.2, 0) is 0 Å². The van der Waals surface area contributed by atoms with E-state index in [1.165, 1.54) is 16.6 Å². The molecule has 2 aromatic heterocycles. The summed E-state index contributed by atoms with van der Waals surface area (Å²) in [5, 5.41) is 0. The third-order valence-corrected chi connectivity index (χ3v) is 2.23. The standard InChI is InChI=1S/C12H12BN/c1-9-3-5-13-11(7-9)12-8-10(2)4-6-14-12/h3-8H,1-2H3. The summed E-state index contributed by atoms with van der Waals surface area (Å²) in [5.41, 5.74) is 4.75. The Morgan fingerprint density at radius 3 is 2.57 bits per heavy atom. The van der Waals surface area contributed by atoms with E-state index in [1.807, 2.05) is 12.3 Å². The second-order valence-electron chi connectivity index (χ2n) is 3.59. The van der Waals surface area contributed by atoms with Gasteiger partial charge in [-0.05, 0) is 0 Å². The normalized spacial score (nSPS) is 9.86. The molecule has 2 heterocycles. The van der Waals surface area contributed by atoms with Crippen molar-refractivity contribution >= 4 is 6.91 Å². The molecule has 0 aromatic carbocycles. The van der Waals surface area contributed by atoms with E-state index < -0.39 is 0 Å². The molecule has 0 amide bonds.